The SMILES string of the molecule is NCCCC[C@H](NC(=O)CNC(=O)[C@@H]1CCCN1C(=O)[C@H](CC(=O)O)NC(=O)CNC(=O)[C@H](CO)NC(=O)[C@@H]1CCCN1C(=O)CN)C(=O)O. The average Bonchev–Trinajstić information content (AvgIpc) is 3.78. The third kappa shape index (κ3) is 12.5. The molecule has 2 aliphatic heterocycles. The molecule has 21 heteroatoms. The molecule has 2 rings (SSSR count). The van der Waals surface area contributed by atoms with E-state index in [0.29, 0.717) is 45.2 Å². The van der Waals surface area contributed by atoms with Crippen LogP contribution in [0.3, 0.4) is 0 Å². The molecule has 0 unspecified atom stereocenters. The second kappa shape index (κ2) is 20.6. The third-order valence-corrected chi connectivity index (χ3v) is 8.14. The lowest BCUT2D eigenvalue weighted by atomic mass is 10.1. The molecule has 2 aliphatic rings. The van der Waals surface area contributed by atoms with E-state index in [1.165, 1.54) is 4.90 Å². The Bertz CT molecular complexity index is 1280. The molecule has 0 radical (unpaired) electrons. The monoisotopic (exact) mass is 713 g/mol. The fourth-order valence-electron chi connectivity index (χ4n) is 5.61. The summed E-state index contributed by atoms with van der Waals surface area (Å²) < 4.78 is 0. The molecular weight excluding hydrogens is 666 g/mol. The third-order valence-electron chi connectivity index (χ3n) is 8.14. The predicted octanol–water partition coefficient (Wildman–Crippen LogP) is -5.71. The van der Waals surface area contributed by atoms with Crippen LogP contribution in [0.1, 0.15) is 51.4 Å². The van der Waals surface area contributed by atoms with Gasteiger partial charge in [0, 0.05) is 13.1 Å². The maximum atomic E-state index is 13.4. The quantitative estimate of drug-likeness (QED) is 0.0526. The van der Waals surface area contributed by atoms with Crippen molar-refractivity contribution in [2.45, 2.75) is 81.6 Å². The molecule has 0 saturated carbocycles. The molecule has 21 nitrogen and oxygen atoms in total. The summed E-state index contributed by atoms with van der Waals surface area (Å²) in [5, 5.41) is 39.8. The van der Waals surface area contributed by atoms with E-state index in [0.717, 1.165) is 4.90 Å². The number of carbonyl (C=O) groups excluding carboxylic acids is 7. The summed E-state index contributed by atoms with van der Waals surface area (Å²) in [5.41, 5.74) is 10.8. The highest BCUT2D eigenvalue weighted by Gasteiger charge is 2.39. The van der Waals surface area contributed by atoms with Crippen LogP contribution in [0.5, 0.6) is 0 Å². The van der Waals surface area contributed by atoms with E-state index in [1.807, 2.05) is 0 Å². The standard InChI is InChI=1S/C29H47N9O12/c30-8-2-1-5-16(29(49)50)34-21(40)14-33-26(46)19-6-4-10-38(19)28(48)17(11-24(43)44)35-22(41)13-32-25(45)18(15-39)36-27(47)20-7-3-9-37(20)23(42)12-31/h16-20,39H,1-15,30-31H2,(H,32,45)(H,33,46)(H,34,40)(H,35,41)(H,36,47)(H,43,44)(H,49,50)/t16-,17-,18-,19-,20-/m0/s1. The highest BCUT2D eigenvalue weighted by Crippen LogP contribution is 2.20. The first-order chi connectivity index (χ1) is 23.7. The lowest BCUT2D eigenvalue weighted by Crippen LogP contribution is -2.57. The van der Waals surface area contributed by atoms with Crippen molar-refractivity contribution in [1.82, 2.24) is 36.4 Å². The van der Waals surface area contributed by atoms with E-state index < -0.39 is 110 Å². The van der Waals surface area contributed by atoms with E-state index in [2.05, 4.69) is 26.6 Å². The maximum Gasteiger partial charge on any atom is 0.326 e. The number of rotatable bonds is 20. The highest BCUT2D eigenvalue weighted by atomic mass is 16.4. The molecule has 0 aromatic rings. The molecule has 0 aromatic carbocycles. The second-order valence-electron chi connectivity index (χ2n) is 11.8. The van der Waals surface area contributed by atoms with Gasteiger partial charge in [-0.1, -0.05) is 0 Å². The Morgan fingerprint density at radius 1 is 0.720 bits per heavy atom. The number of hydrogen-bond acceptors (Lipinski definition) is 12. The normalized spacial score (nSPS) is 18.7. The van der Waals surface area contributed by atoms with E-state index in [4.69, 9.17) is 11.5 Å². The van der Waals surface area contributed by atoms with Crippen LogP contribution in [0, 0.1) is 0 Å². The van der Waals surface area contributed by atoms with Gasteiger partial charge >= 0.3 is 11.9 Å². The van der Waals surface area contributed by atoms with Gasteiger partial charge < -0.3 is 63.2 Å². The summed E-state index contributed by atoms with van der Waals surface area (Å²) in [7, 11) is 0. The Labute approximate surface area is 287 Å². The van der Waals surface area contributed by atoms with Crippen LogP contribution in [-0.2, 0) is 43.2 Å². The number of nitrogens with one attached hydrogen (secondary N) is 5. The Kier molecular flexibility index (Phi) is 17.0. The first kappa shape index (κ1) is 41.3. The van der Waals surface area contributed by atoms with Crippen LogP contribution in [0.2, 0.25) is 0 Å². The van der Waals surface area contributed by atoms with Gasteiger partial charge in [0.1, 0.15) is 30.2 Å². The number of unbranched alkanes of at least 4 members (excludes halogenated alkanes) is 1. The lowest BCUT2D eigenvalue weighted by molar-refractivity contribution is -0.146. The fourth-order valence-corrected chi connectivity index (χ4v) is 5.61. The summed E-state index contributed by atoms with van der Waals surface area (Å²) in [6, 6.07) is -6.36. The van der Waals surface area contributed by atoms with Gasteiger partial charge in [0.2, 0.25) is 41.4 Å². The number of carboxylic acid groups (broad SMARTS) is 2. The molecule has 0 aliphatic carbocycles. The van der Waals surface area contributed by atoms with Gasteiger partial charge in [-0.3, -0.25) is 38.4 Å². The summed E-state index contributed by atoms with van der Waals surface area (Å²) in [6.45, 7) is -1.86. The molecule has 50 heavy (non-hydrogen) atoms. The van der Waals surface area contributed by atoms with Crippen molar-refractivity contribution < 1.29 is 58.5 Å². The van der Waals surface area contributed by atoms with Gasteiger partial charge in [-0.2, -0.15) is 0 Å². The van der Waals surface area contributed by atoms with Gasteiger partial charge in [-0.05, 0) is 51.5 Å². The number of aliphatic hydroxyl groups excluding tert-OH is 1. The predicted molar refractivity (Wildman–Crippen MR) is 170 cm³/mol. The zero-order valence-corrected chi connectivity index (χ0v) is 27.6. The van der Waals surface area contributed by atoms with Crippen LogP contribution < -0.4 is 38.1 Å². The van der Waals surface area contributed by atoms with Crippen LogP contribution in [-0.4, -0.2) is 154 Å². The first-order valence-electron chi connectivity index (χ1n) is 16.2. The molecule has 2 saturated heterocycles. The summed E-state index contributed by atoms with van der Waals surface area (Å²) >= 11 is 0. The number of aliphatic carboxylic acids is 2. The van der Waals surface area contributed by atoms with Crippen LogP contribution >= 0.6 is 0 Å². The fraction of sp³-hybridized carbons (Fsp3) is 0.690. The lowest BCUT2D eigenvalue weighted by Gasteiger charge is -2.28. The van der Waals surface area contributed by atoms with Crippen molar-refractivity contribution in [2.75, 3.05) is 45.9 Å². The molecule has 0 spiro atoms. The van der Waals surface area contributed by atoms with E-state index in [-0.39, 0.29) is 25.9 Å². The van der Waals surface area contributed by atoms with Gasteiger partial charge in [0.05, 0.1) is 32.7 Å². The topological polar surface area (TPSA) is 333 Å². The molecule has 0 aromatic heterocycles. The number of carbonyl (C=O) groups is 9. The van der Waals surface area contributed by atoms with E-state index >= 15 is 0 Å². The number of aliphatic hydroxyl groups is 1. The molecule has 12 N–H and O–H groups in total. The van der Waals surface area contributed by atoms with Gasteiger partial charge in [0.25, 0.3) is 0 Å². The minimum Gasteiger partial charge on any atom is -0.481 e. The van der Waals surface area contributed by atoms with Crippen LogP contribution in [0.25, 0.3) is 0 Å². The molecule has 0 bridgehead atoms. The van der Waals surface area contributed by atoms with Crippen molar-refractivity contribution in [3.8, 4) is 0 Å². The highest BCUT2D eigenvalue weighted by molar-refractivity contribution is 5.97. The van der Waals surface area contributed by atoms with E-state index in [1.54, 1.807) is 0 Å². The number of nitrogens with zero attached hydrogens (tertiary/aromatic N) is 2. The Morgan fingerprint density at radius 2 is 1.30 bits per heavy atom. The van der Waals surface area contributed by atoms with Crippen molar-refractivity contribution in [2.24, 2.45) is 11.5 Å². The van der Waals surface area contributed by atoms with Crippen LogP contribution in [0.15, 0.2) is 0 Å². The Hall–Kier alpha value is -4.89. The first-order valence-corrected chi connectivity index (χ1v) is 16.2. The summed E-state index contributed by atoms with van der Waals surface area (Å²) in [5.74, 6) is -8.29. The van der Waals surface area contributed by atoms with Crippen molar-refractivity contribution in [3.05, 3.63) is 0 Å². The minimum atomic E-state index is -1.65. The summed E-state index contributed by atoms with van der Waals surface area (Å²) in [6.07, 6.45) is 1.63. The van der Waals surface area contributed by atoms with Crippen molar-refractivity contribution >= 4 is 53.3 Å². The Balaban J connectivity index is 1.95. The zero-order valence-electron chi connectivity index (χ0n) is 27.6. The second-order valence-corrected chi connectivity index (χ2v) is 11.8. The van der Waals surface area contributed by atoms with Crippen molar-refractivity contribution in [1.29, 1.82) is 0 Å². The largest absolute Gasteiger partial charge is 0.481 e. The van der Waals surface area contributed by atoms with Gasteiger partial charge in [-0.25, -0.2) is 4.79 Å². The average molecular weight is 714 g/mol. The smallest absolute Gasteiger partial charge is 0.326 e. The molecule has 280 valence electrons. The maximum absolute atomic E-state index is 13.4. The number of nitrogens with two attached hydrogens (primary N) is 2. The Morgan fingerprint density at radius 3 is 1.86 bits per heavy atom. The molecule has 2 fully saturated rings. The number of amides is 7. The number of carboxylic acids is 2. The van der Waals surface area contributed by atoms with E-state index in [9.17, 15) is 58.5 Å². The molecule has 2 heterocycles. The zero-order chi connectivity index (χ0) is 37.4. The van der Waals surface area contributed by atoms with Gasteiger partial charge in [0.15, 0.2) is 0 Å². The van der Waals surface area contributed by atoms with Crippen molar-refractivity contribution in [3.63, 3.8) is 0 Å². The molecule has 5 atom stereocenters. The molecule has 7 amide bonds. The number of hydrogen-bond donors (Lipinski definition) is 10. The van der Waals surface area contributed by atoms with Crippen LogP contribution in [0.4, 0.5) is 0 Å². The molecular formula is C29H47N9O12. The van der Waals surface area contributed by atoms with Gasteiger partial charge in [-0.15, -0.1) is 0 Å². The summed E-state index contributed by atoms with van der Waals surface area (Å²) in [4.78, 5) is 114. The number of likely N-dealkylation sites (tertiary alicyclic amines) is 2. The minimum absolute atomic E-state index is 0.0290.